The van der Waals surface area contributed by atoms with Crippen LogP contribution in [0.2, 0.25) is 0 Å². The van der Waals surface area contributed by atoms with Gasteiger partial charge in [0.25, 0.3) is 0 Å². The molecular formula is C14H28N2O7S. The average Bonchev–Trinajstić information content (AvgIpc) is 2.56. The van der Waals surface area contributed by atoms with Crippen LogP contribution in [0.1, 0.15) is 6.42 Å². The van der Waals surface area contributed by atoms with Gasteiger partial charge in [-0.3, -0.25) is 9.59 Å². The van der Waals surface area contributed by atoms with Crippen molar-refractivity contribution < 1.29 is 33.6 Å². The van der Waals surface area contributed by atoms with Crippen molar-refractivity contribution in [1.29, 1.82) is 0 Å². The normalized spacial score (nSPS) is 12.1. The molecule has 0 rings (SSSR count). The summed E-state index contributed by atoms with van der Waals surface area (Å²) >= 11 is 3.93. The maximum Gasteiger partial charge on any atom is 0.240 e. The zero-order valence-corrected chi connectivity index (χ0v) is 14.7. The molecule has 0 aliphatic heterocycles. The van der Waals surface area contributed by atoms with E-state index in [4.69, 9.17) is 29.8 Å². The molecule has 0 heterocycles. The summed E-state index contributed by atoms with van der Waals surface area (Å²) in [6.07, 6.45) is 0.133. The Morgan fingerprint density at radius 2 is 1.38 bits per heavy atom. The van der Waals surface area contributed by atoms with Crippen LogP contribution < -0.4 is 11.1 Å². The number of amides is 2. The van der Waals surface area contributed by atoms with Crippen molar-refractivity contribution in [3.8, 4) is 0 Å². The van der Waals surface area contributed by atoms with E-state index >= 15 is 0 Å². The van der Waals surface area contributed by atoms with Crippen molar-refractivity contribution in [2.24, 2.45) is 5.73 Å². The predicted octanol–water partition coefficient (Wildman–Crippen LogP) is -1.66. The number of aliphatic hydroxyl groups is 1. The first-order valence-electron chi connectivity index (χ1n) is 7.73. The molecule has 0 aromatic heterocycles. The SMILES string of the molecule is NC(=O)C(CS)NC(=O)CCOCCOCCOCCOCCO. The molecular weight excluding hydrogens is 340 g/mol. The van der Waals surface area contributed by atoms with Gasteiger partial charge < -0.3 is 35.1 Å². The van der Waals surface area contributed by atoms with Crippen LogP contribution in [0, 0.1) is 0 Å². The summed E-state index contributed by atoms with van der Waals surface area (Å²) in [7, 11) is 0. The van der Waals surface area contributed by atoms with Crippen molar-refractivity contribution >= 4 is 24.4 Å². The van der Waals surface area contributed by atoms with E-state index in [1.807, 2.05) is 0 Å². The average molecular weight is 368 g/mol. The number of ether oxygens (including phenoxy) is 4. The number of nitrogens with two attached hydrogens (primary N) is 1. The maximum absolute atomic E-state index is 11.5. The Kier molecular flexibility index (Phi) is 16.3. The van der Waals surface area contributed by atoms with Crippen LogP contribution in [0.25, 0.3) is 0 Å². The second kappa shape index (κ2) is 16.9. The monoisotopic (exact) mass is 368 g/mol. The smallest absolute Gasteiger partial charge is 0.240 e. The lowest BCUT2D eigenvalue weighted by Crippen LogP contribution is -2.45. The summed E-state index contributed by atoms with van der Waals surface area (Å²) in [5.74, 6) is -0.772. The molecule has 142 valence electrons. The first kappa shape index (κ1) is 23.1. The maximum atomic E-state index is 11.5. The molecule has 4 N–H and O–H groups in total. The van der Waals surface area contributed by atoms with E-state index in [-0.39, 0.29) is 31.3 Å². The summed E-state index contributed by atoms with van der Waals surface area (Å²) in [5, 5.41) is 11.0. The minimum Gasteiger partial charge on any atom is -0.394 e. The standard InChI is InChI=1S/C14H28N2O7S/c15-14(19)12(11-24)16-13(18)1-3-20-5-7-22-9-10-23-8-6-21-4-2-17/h12,17,24H,1-11H2,(H2,15,19)(H,16,18). The lowest BCUT2D eigenvalue weighted by Gasteiger charge is -2.12. The fourth-order valence-corrected chi connectivity index (χ4v) is 1.74. The third kappa shape index (κ3) is 14.7. The highest BCUT2D eigenvalue weighted by Crippen LogP contribution is 1.90. The predicted molar refractivity (Wildman–Crippen MR) is 90.0 cm³/mol. The van der Waals surface area contributed by atoms with E-state index < -0.39 is 11.9 Å². The molecule has 0 saturated carbocycles. The molecule has 0 aromatic rings. The van der Waals surface area contributed by atoms with Crippen molar-refractivity contribution in [3.63, 3.8) is 0 Å². The van der Waals surface area contributed by atoms with Gasteiger partial charge in [-0.1, -0.05) is 0 Å². The lowest BCUT2D eigenvalue weighted by atomic mass is 10.3. The lowest BCUT2D eigenvalue weighted by molar-refractivity contribution is -0.127. The summed E-state index contributed by atoms with van der Waals surface area (Å²) in [6, 6.07) is -0.766. The van der Waals surface area contributed by atoms with E-state index in [9.17, 15) is 9.59 Å². The number of nitrogens with one attached hydrogen (secondary N) is 1. The summed E-state index contributed by atoms with van der Waals surface area (Å²) in [6.45, 7) is 3.08. The molecule has 10 heteroatoms. The summed E-state index contributed by atoms with van der Waals surface area (Å²) in [5.41, 5.74) is 5.09. The number of hydrogen-bond acceptors (Lipinski definition) is 8. The van der Waals surface area contributed by atoms with Crippen LogP contribution in [0.5, 0.6) is 0 Å². The molecule has 0 aliphatic rings. The number of aliphatic hydroxyl groups excluding tert-OH is 1. The Balaban J connectivity index is 3.30. The highest BCUT2D eigenvalue weighted by Gasteiger charge is 2.15. The van der Waals surface area contributed by atoms with E-state index in [0.29, 0.717) is 46.2 Å². The molecule has 0 aliphatic carbocycles. The Hall–Kier alpha value is -0.910. The van der Waals surface area contributed by atoms with Gasteiger partial charge in [-0.05, 0) is 0 Å². The second-order valence-electron chi connectivity index (χ2n) is 4.63. The van der Waals surface area contributed by atoms with E-state index in [0.717, 1.165) is 0 Å². The van der Waals surface area contributed by atoms with E-state index in [2.05, 4.69) is 17.9 Å². The minimum atomic E-state index is -0.766. The topological polar surface area (TPSA) is 129 Å². The fraction of sp³-hybridized carbons (Fsp3) is 0.857. The number of carbonyl (C=O) groups is 2. The van der Waals surface area contributed by atoms with Crippen LogP contribution in [0.4, 0.5) is 0 Å². The number of thiol groups is 1. The number of carbonyl (C=O) groups excluding carboxylic acids is 2. The quantitative estimate of drug-likeness (QED) is 0.178. The molecule has 0 saturated heterocycles. The number of primary amides is 1. The second-order valence-corrected chi connectivity index (χ2v) is 4.99. The van der Waals surface area contributed by atoms with Gasteiger partial charge in [-0.2, -0.15) is 12.6 Å². The third-order valence-electron chi connectivity index (χ3n) is 2.69. The molecule has 24 heavy (non-hydrogen) atoms. The zero-order valence-electron chi connectivity index (χ0n) is 13.8. The summed E-state index contributed by atoms with van der Waals surface area (Å²) < 4.78 is 20.8. The van der Waals surface area contributed by atoms with Gasteiger partial charge in [0.2, 0.25) is 11.8 Å². The van der Waals surface area contributed by atoms with E-state index in [1.54, 1.807) is 0 Å². The van der Waals surface area contributed by atoms with Crippen molar-refractivity contribution in [2.75, 3.05) is 65.2 Å². The van der Waals surface area contributed by atoms with Gasteiger partial charge in [0.1, 0.15) is 6.04 Å². The van der Waals surface area contributed by atoms with Gasteiger partial charge in [-0.15, -0.1) is 0 Å². The van der Waals surface area contributed by atoms with Gasteiger partial charge in [0, 0.05) is 12.2 Å². The molecule has 0 bridgehead atoms. The van der Waals surface area contributed by atoms with Crippen molar-refractivity contribution in [1.82, 2.24) is 5.32 Å². The summed E-state index contributed by atoms with van der Waals surface area (Å²) in [4.78, 5) is 22.5. The van der Waals surface area contributed by atoms with Crippen molar-refractivity contribution in [3.05, 3.63) is 0 Å². The first-order chi connectivity index (χ1) is 11.6. The van der Waals surface area contributed by atoms with E-state index in [1.165, 1.54) is 0 Å². The van der Waals surface area contributed by atoms with Gasteiger partial charge >= 0.3 is 0 Å². The Bertz CT molecular complexity index is 334. The number of rotatable bonds is 17. The number of hydrogen-bond donors (Lipinski definition) is 4. The van der Waals surface area contributed by atoms with Crippen LogP contribution in [0.3, 0.4) is 0 Å². The largest absolute Gasteiger partial charge is 0.394 e. The molecule has 0 aromatic carbocycles. The Morgan fingerprint density at radius 1 is 0.917 bits per heavy atom. The molecule has 1 unspecified atom stereocenters. The zero-order chi connectivity index (χ0) is 18.0. The molecule has 1 atom stereocenters. The fourth-order valence-electron chi connectivity index (χ4n) is 1.46. The Labute approximate surface area is 147 Å². The Morgan fingerprint density at radius 3 is 1.79 bits per heavy atom. The van der Waals surface area contributed by atoms with Crippen LogP contribution in [0.15, 0.2) is 0 Å². The molecule has 0 spiro atoms. The molecule has 9 nitrogen and oxygen atoms in total. The first-order valence-corrected chi connectivity index (χ1v) is 8.36. The highest BCUT2D eigenvalue weighted by molar-refractivity contribution is 7.80. The van der Waals surface area contributed by atoms with Crippen LogP contribution in [-0.2, 0) is 28.5 Å². The molecule has 0 radical (unpaired) electrons. The van der Waals surface area contributed by atoms with Crippen molar-refractivity contribution in [2.45, 2.75) is 12.5 Å². The van der Waals surface area contributed by atoms with Crippen LogP contribution in [-0.4, -0.2) is 88.2 Å². The third-order valence-corrected chi connectivity index (χ3v) is 3.05. The highest BCUT2D eigenvalue weighted by atomic mass is 32.1. The van der Waals surface area contributed by atoms with Crippen LogP contribution >= 0.6 is 12.6 Å². The van der Waals surface area contributed by atoms with Gasteiger partial charge in [0.15, 0.2) is 0 Å². The van der Waals surface area contributed by atoms with Gasteiger partial charge in [0.05, 0.1) is 59.5 Å². The molecule has 0 fully saturated rings. The molecule has 2 amide bonds. The minimum absolute atomic E-state index is 0.00564. The van der Waals surface area contributed by atoms with Gasteiger partial charge in [-0.25, -0.2) is 0 Å².